The highest BCUT2D eigenvalue weighted by Crippen LogP contribution is 2.28. The molecule has 0 aliphatic carbocycles. The van der Waals surface area contributed by atoms with Crippen molar-refractivity contribution in [3.05, 3.63) is 54.3 Å². The fourth-order valence-electron chi connectivity index (χ4n) is 2.01. The summed E-state index contributed by atoms with van der Waals surface area (Å²) in [6.45, 7) is 2.47. The SMILES string of the molecule is CCNc1ccccc1S(=O)(=O)N(C)c1ccccc1F. The molecule has 4 nitrogen and oxygen atoms in total. The van der Waals surface area contributed by atoms with E-state index in [9.17, 15) is 12.8 Å². The van der Waals surface area contributed by atoms with Crippen LogP contribution in [-0.4, -0.2) is 22.0 Å². The third-order valence-corrected chi connectivity index (χ3v) is 4.91. The van der Waals surface area contributed by atoms with Gasteiger partial charge >= 0.3 is 0 Å². The van der Waals surface area contributed by atoms with E-state index in [-0.39, 0.29) is 10.6 Å². The largest absolute Gasteiger partial charge is 0.384 e. The number of rotatable bonds is 5. The summed E-state index contributed by atoms with van der Waals surface area (Å²) in [4.78, 5) is 0.123. The molecule has 6 heteroatoms. The van der Waals surface area contributed by atoms with Gasteiger partial charge in [0.2, 0.25) is 0 Å². The molecule has 0 heterocycles. The first kappa shape index (κ1) is 15.3. The molecule has 0 saturated carbocycles. The molecule has 0 aromatic heterocycles. The maximum atomic E-state index is 13.8. The van der Waals surface area contributed by atoms with Crippen LogP contribution in [0.5, 0.6) is 0 Å². The molecule has 0 radical (unpaired) electrons. The van der Waals surface area contributed by atoms with Crippen LogP contribution in [0.1, 0.15) is 6.92 Å². The van der Waals surface area contributed by atoms with Crippen LogP contribution in [0.3, 0.4) is 0 Å². The number of nitrogens with zero attached hydrogens (tertiary/aromatic N) is 1. The van der Waals surface area contributed by atoms with E-state index in [2.05, 4.69) is 5.32 Å². The third kappa shape index (κ3) is 3.00. The second kappa shape index (κ2) is 6.13. The van der Waals surface area contributed by atoms with Crippen molar-refractivity contribution in [2.24, 2.45) is 0 Å². The number of anilines is 2. The van der Waals surface area contributed by atoms with Gasteiger partial charge in [-0.05, 0) is 31.2 Å². The van der Waals surface area contributed by atoms with E-state index >= 15 is 0 Å². The summed E-state index contributed by atoms with van der Waals surface area (Å²) < 4.78 is 40.2. The van der Waals surface area contributed by atoms with Crippen LogP contribution >= 0.6 is 0 Å². The molecule has 2 aromatic carbocycles. The molecule has 21 heavy (non-hydrogen) atoms. The molecule has 2 rings (SSSR count). The molecular weight excluding hydrogens is 291 g/mol. The lowest BCUT2D eigenvalue weighted by molar-refractivity contribution is 0.590. The summed E-state index contributed by atoms with van der Waals surface area (Å²) in [6, 6.07) is 12.4. The van der Waals surface area contributed by atoms with Gasteiger partial charge in [0.05, 0.1) is 11.4 Å². The van der Waals surface area contributed by atoms with Gasteiger partial charge in [-0.15, -0.1) is 0 Å². The normalized spacial score (nSPS) is 11.2. The van der Waals surface area contributed by atoms with Gasteiger partial charge < -0.3 is 5.32 Å². The molecule has 0 amide bonds. The van der Waals surface area contributed by atoms with Crippen LogP contribution in [0.2, 0.25) is 0 Å². The second-order valence-corrected chi connectivity index (χ2v) is 6.39. The van der Waals surface area contributed by atoms with Crippen molar-refractivity contribution >= 4 is 21.4 Å². The van der Waals surface area contributed by atoms with Crippen LogP contribution in [0.4, 0.5) is 15.8 Å². The van der Waals surface area contributed by atoms with Gasteiger partial charge in [-0.3, -0.25) is 4.31 Å². The molecule has 0 spiro atoms. The number of halogens is 1. The van der Waals surface area contributed by atoms with Gasteiger partial charge in [0.25, 0.3) is 10.0 Å². The minimum Gasteiger partial charge on any atom is -0.384 e. The Morgan fingerprint density at radius 3 is 2.38 bits per heavy atom. The topological polar surface area (TPSA) is 49.4 Å². The maximum absolute atomic E-state index is 13.8. The van der Waals surface area contributed by atoms with Gasteiger partial charge in [0.1, 0.15) is 10.7 Å². The lowest BCUT2D eigenvalue weighted by Crippen LogP contribution is -2.28. The zero-order valence-electron chi connectivity index (χ0n) is 11.9. The smallest absolute Gasteiger partial charge is 0.266 e. The quantitative estimate of drug-likeness (QED) is 0.923. The molecule has 0 bridgehead atoms. The highest BCUT2D eigenvalue weighted by Gasteiger charge is 2.25. The molecule has 0 aliphatic heterocycles. The number of sulfonamides is 1. The second-order valence-electron chi connectivity index (χ2n) is 4.45. The predicted octanol–water partition coefficient (Wildman–Crippen LogP) is 3.08. The van der Waals surface area contributed by atoms with Gasteiger partial charge in [0, 0.05) is 13.6 Å². The Morgan fingerprint density at radius 2 is 1.71 bits per heavy atom. The van der Waals surface area contributed by atoms with Crippen LogP contribution in [0, 0.1) is 5.82 Å². The van der Waals surface area contributed by atoms with Crippen molar-refractivity contribution < 1.29 is 12.8 Å². The fraction of sp³-hybridized carbons (Fsp3) is 0.200. The van der Waals surface area contributed by atoms with Gasteiger partial charge in [-0.1, -0.05) is 24.3 Å². The Labute approximate surface area is 124 Å². The van der Waals surface area contributed by atoms with Crippen molar-refractivity contribution in [1.82, 2.24) is 0 Å². The van der Waals surface area contributed by atoms with Crippen molar-refractivity contribution in [3.8, 4) is 0 Å². The van der Waals surface area contributed by atoms with Crippen LogP contribution < -0.4 is 9.62 Å². The average Bonchev–Trinajstić information content (AvgIpc) is 2.48. The van der Waals surface area contributed by atoms with Gasteiger partial charge in [-0.25, -0.2) is 12.8 Å². The first-order chi connectivity index (χ1) is 9.98. The molecule has 0 unspecified atom stereocenters. The molecule has 0 fully saturated rings. The molecule has 0 saturated heterocycles. The monoisotopic (exact) mass is 308 g/mol. The number of nitrogens with one attached hydrogen (secondary N) is 1. The number of hydrogen-bond donors (Lipinski definition) is 1. The fourth-order valence-corrected chi connectivity index (χ4v) is 3.38. The summed E-state index contributed by atoms with van der Waals surface area (Å²) >= 11 is 0. The Hall–Kier alpha value is -2.08. The molecule has 0 aliphatic rings. The van der Waals surface area contributed by atoms with E-state index in [1.807, 2.05) is 6.92 Å². The van der Waals surface area contributed by atoms with Crippen molar-refractivity contribution in [1.29, 1.82) is 0 Å². The van der Waals surface area contributed by atoms with Crippen molar-refractivity contribution in [2.45, 2.75) is 11.8 Å². The lowest BCUT2D eigenvalue weighted by Gasteiger charge is -2.21. The van der Waals surface area contributed by atoms with Crippen LogP contribution in [-0.2, 0) is 10.0 Å². The predicted molar refractivity (Wildman–Crippen MR) is 82.6 cm³/mol. The number of para-hydroxylation sites is 2. The molecule has 0 atom stereocenters. The minimum absolute atomic E-state index is 0.0174. The van der Waals surface area contributed by atoms with Crippen molar-refractivity contribution in [2.75, 3.05) is 23.2 Å². The zero-order valence-corrected chi connectivity index (χ0v) is 12.7. The Balaban J connectivity index is 2.50. The molecule has 1 N–H and O–H groups in total. The summed E-state index contributed by atoms with van der Waals surface area (Å²) in [5, 5.41) is 3.00. The third-order valence-electron chi connectivity index (χ3n) is 3.08. The summed E-state index contributed by atoms with van der Waals surface area (Å²) in [6.07, 6.45) is 0. The minimum atomic E-state index is -3.84. The summed E-state index contributed by atoms with van der Waals surface area (Å²) in [5.74, 6) is -0.579. The zero-order chi connectivity index (χ0) is 15.5. The first-order valence-corrected chi connectivity index (χ1v) is 7.99. The van der Waals surface area contributed by atoms with E-state index in [0.29, 0.717) is 12.2 Å². The summed E-state index contributed by atoms with van der Waals surface area (Å²) in [7, 11) is -2.49. The van der Waals surface area contributed by atoms with Crippen LogP contribution in [0.25, 0.3) is 0 Å². The van der Waals surface area contributed by atoms with E-state index in [0.717, 1.165) is 4.31 Å². The highest BCUT2D eigenvalue weighted by molar-refractivity contribution is 7.93. The standard InChI is InChI=1S/C15H17FN2O2S/c1-3-17-13-9-5-7-11-15(13)21(19,20)18(2)14-10-6-4-8-12(14)16/h4-11,17H,3H2,1-2H3. The average molecular weight is 308 g/mol. The number of hydrogen-bond acceptors (Lipinski definition) is 3. The van der Waals surface area contributed by atoms with Crippen LogP contribution in [0.15, 0.2) is 53.4 Å². The highest BCUT2D eigenvalue weighted by atomic mass is 32.2. The molecule has 112 valence electrons. The Kier molecular flexibility index (Phi) is 4.47. The van der Waals surface area contributed by atoms with Gasteiger partial charge in [0.15, 0.2) is 0 Å². The Bertz CT molecular complexity index is 732. The maximum Gasteiger partial charge on any atom is 0.266 e. The Morgan fingerprint density at radius 1 is 1.10 bits per heavy atom. The molecule has 2 aromatic rings. The molecular formula is C15H17FN2O2S. The van der Waals surface area contributed by atoms with E-state index in [1.54, 1.807) is 24.3 Å². The summed E-state index contributed by atoms with van der Waals surface area (Å²) in [5.41, 5.74) is 0.520. The first-order valence-electron chi connectivity index (χ1n) is 6.55. The van der Waals surface area contributed by atoms with E-state index in [1.165, 1.54) is 31.3 Å². The lowest BCUT2D eigenvalue weighted by atomic mass is 10.3. The van der Waals surface area contributed by atoms with E-state index in [4.69, 9.17) is 0 Å². The van der Waals surface area contributed by atoms with Gasteiger partial charge in [-0.2, -0.15) is 0 Å². The van der Waals surface area contributed by atoms with E-state index < -0.39 is 15.8 Å². The van der Waals surface area contributed by atoms with Crippen molar-refractivity contribution in [3.63, 3.8) is 0 Å². The number of benzene rings is 2.